The Morgan fingerprint density at radius 1 is 0.769 bits per heavy atom. The van der Waals surface area contributed by atoms with Gasteiger partial charge in [0.05, 0.1) is 0 Å². The van der Waals surface area contributed by atoms with Crippen molar-refractivity contribution >= 4 is 15.0 Å². The summed E-state index contributed by atoms with van der Waals surface area (Å²) in [7, 11) is -1.16. The van der Waals surface area contributed by atoms with Crippen LogP contribution in [0.1, 0.15) is 92.2 Å². The van der Waals surface area contributed by atoms with Crippen LogP contribution in [0.25, 0.3) is 0 Å². The second kappa shape index (κ2) is 7.30. The maximum Gasteiger partial charge on any atom is 0.432 e. The summed E-state index contributed by atoms with van der Waals surface area (Å²) in [5, 5.41) is 0. The minimum absolute atomic E-state index is 0.0859. The van der Waals surface area contributed by atoms with Crippen LogP contribution in [0.5, 0.6) is 0 Å². The molecule has 1 aromatic carbocycles. The van der Waals surface area contributed by atoms with Crippen molar-refractivity contribution in [1.82, 2.24) is 9.13 Å². The van der Waals surface area contributed by atoms with E-state index in [4.69, 9.17) is 0 Å². The normalized spacial score (nSPS) is 16.3. The van der Waals surface area contributed by atoms with Crippen LogP contribution in [0, 0.1) is 0 Å². The number of benzene rings is 1. The molecule has 0 aliphatic carbocycles. The number of nitrogens with zero attached hydrogens (tertiary/aromatic N) is 2. The lowest BCUT2D eigenvalue weighted by Gasteiger charge is -2.43. The Bertz CT molecular complexity index is 600. The average molecular weight is 373 g/mol. The second-order valence-corrected chi connectivity index (χ2v) is 11.8. The minimum atomic E-state index is -1.16. The van der Waals surface area contributed by atoms with E-state index in [1.54, 1.807) is 0 Å². The van der Waals surface area contributed by atoms with Gasteiger partial charge in [-0.05, 0) is 64.5 Å². The molecule has 0 saturated heterocycles. The van der Waals surface area contributed by atoms with Gasteiger partial charge >= 0.3 is 9.28 Å². The molecular formula is C22H38N3Si. The quantitative estimate of drug-likeness (QED) is 0.652. The van der Waals surface area contributed by atoms with Crippen LogP contribution in [0.15, 0.2) is 30.6 Å². The molecule has 1 heterocycles. The summed E-state index contributed by atoms with van der Waals surface area (Å²) in [6.07, 6.45) is 4.55. The molecule has 4 heteroatoms. The zero-order valence-corrected chi connectivity index (χ0v) is 19.4. The molecule has 0 fully saturated rings. The van der Waals surface area contributed by atoms with Crippen LogP contribution in [-0.2, 0) is 0 Å². The first kappa shape index (κ1) is 20.9. The molecule has 1 aromatic rings. The Hall–Kier alpha value is -1.42. The summed E-state index contributed by atoms with van der Waals surface area (Å²) in [6, 6.07) is 6.78. The van der Waals surface area contributed by atoms with Gasteiger partial charge in [0.15, 0.2) is 0 Å². The van der Waals surface area contributed by atoms with Crippen molar-refractivity contribution in [3.05, 3.63) is 41.7 Å². The number of rotatable bonds is 4. The zero-order chi connectivity index (χ0) is 19.9. The molecule has 26 heavy (non-hydrogen) atoms. The molecule has 1 N–H and O–H groups in total. The van der Waals surface area contributed by atoms with E-state index < -0.39 is 9.28 Å². The first-order valence-electron chi connectivity index (χ1n) is 9.87. The van der Waals surface area contributed by atoms with Crippen LogP contribution in [0.4, 0.5) is 5.69 Å². The summed E-state index contributed by atoms with van der Waals surface area (Å²) < 4.78 is 5.06. The minimum Gasteiger partial charge on any atom is -0.376 e. The largest absolute Gasteiger partial charge is 0.432 e. The van der Waals surface area contributed by atoms with E-state index >= 15 is 0 Å². The Labute approximate surface area is 163 Å². The highest BCUT2D eigenvalue weighted by atomic mass is 28.3. The van der Waals surface area contributed by atoms with Crippen molar-refractivity contribution < 1.29 is 0 Å². The Morgan fingerprint density at radius 3 is 1.46 bits per heavy atom. The van der Waals surface area contributed by atoms with E-state index in [0.29, 0.717) is 11.8 Å². The molecule has 1 aliphatic rings. The SMILES string of the molecule is CC(C)c1cccc(C(C)C)c1N[Si]1N(C(C)(C)C)C=CN1C(C)(C)C. The van der Waals surface area contributed by atoms with Crippen molar-refractivity contribution in [3.8, 4) is 0 Å². The van der Waals surface area contributed by atoms with Gasteiger partial charge in [-0.25, -0.2) is 0 Å². The third-order valence-electron chi connectivity index (χ3n) is 4.88. The molecule has 2 rings (SSSR count). The molecule has 0 unspecified atom stereocenters. The molecule has 145 valence electrons. The summed E-state index contributed by atoms with van der Waals surface area (Å²) in [5.41, 5.74) is 4.36. The molecule has 0 spiro atoms. The van der Waals surface area contributed by atoms with Gasteiger partial charge in [-0.2, -0.15) is 0 Å². The van der Waals surface area contributed by atoms with Gasteiger partial charge < -0.3 is 14.1 Å². The van der Waals surface area contributed by atoms with E-state index in [-0.39, 0.29) is 11.1 Å². The Kier molecular flexibility index (Phi) is 5.86. The van der Waals surface area contributed by atoms with Crippen molar-refractivity contribution in [2.45, 2.75) is 92.2 Å². The summed E-state index contributed by atoms with van der Waals surface area (Å²) in [5.74, 6) is 0.999. The van der Waals surface area contributed by atoms with Crippen molar-refractivity contribution in [1.29, 1.82) is 0 Å². The first-order chi connectivity index (χ1) is 11.8. The first-order valence-corrected chi connectivity index (χ1v) is 11.3. The highest BCUT2D eigenvalue weighted by Gasteiger charge is 2.42. The standard InChI is InChI=1S/C22H38N3Si/c1-16(2)18-12-11-13-19(17(3)4)20(18)23-26-24(21(5,6)7)14-15-25(26)22(8,9)10/h11-17,23H,1-10H3. The maximum atomic E-state index is 4.05. The van der Waals surface area contributed by atoms with E-state index in [1.165, 1.54) is 16.8 Å². The lowest BCUT2D eigenvalue weighted by molar-refractivity contribution is 0.283. The lowest BCUT2D eigenvalue weighted by atomic mass is 9.93. The van der Waals surface area contributed by atoms with E-state index in [1.807, 2.05) is 0 Å². The van der Waals surface area contributed by atoms with Crippen molar-refractivity contribution in [2.24, 2.45) is 0 Å². The predicted octanol–water partition coefficient (Wildman–Crippen LogP) is 6.02. The summed E-state index contributed by atoms with van der Waals surface area (Å²) in [4.78, 5) is 4.05. The van der Waals surface area contributed by atoms with Crippen LogP contribution in [0.3, 0.4) is 0 Å². The van der Waals surface area contributed by atoms with Crippen LogP contribution in [-0.4, -0.2) is 29.5 Å². The molecule has 0 saturated carbocycles. The Balaban J connectivity index is 2.52. The van der Waals surface area contributed by atoms with E-state index in [9.17, 15) is 0 Å². The molecule has 0 bridgehead atoms. The predicted molar refractivity (Wildman–Crippen MR) is 116 cm³/mol. The fourth-order valence-electron chi connectivity index (χ4n) is 3.40. The fraction of sp³-hybridized carbons (Fsp3) is 0.636. The number of nitrogens with one attached hydrogen (secondary N) is 1. The van der Waals surface area contributed by atoms with Crippen molar-refractivity contribution in [3.63, 3.8) is 0 Å². The van der Waals surface area contributed by atoms with Crippen molar-refractivity contribution in [2.75, 3.05) is 4.98 Å². The van der Waals surface area contributed by atoms with Gasteiger partial charge in [0.1, 0.15) is 0 Å². The third kappa shape index (κ3) is 4.28. The number of hydrogen-bond donors (Lipinski definition) is 1. The van der Waals surface area contributed by atoms with Gasteiger partial charge in [-0.3, -0.25) is 0 Å². The van der Waals surface area contributed by atoms with Gasteiger partial charge in [0.2, 0.25) is 0 Å². The summed E-state index contributed by atoms with van der Waals surface area (Å²) in [6.45, 7) is 23.0. The van der Waals surface area contributed by atoms with Crippen LogP contribution >= 0.6 is 0 Å². The van der Waals surface area contributed by atoms with Crippen LogP contribution < -0.4 is 4.98 Å². The maximum absolute atomic E-state index is 4.05. The number of para-hydroxylation sites is 1. The average Bonchev–Trinajstić information content (AvgIpc) is 2.90. The lowest BCUT2D eigenvalue weighted by Crippen LogP contribution is -2.60. The van der Waals surface area contributed by atoms with Gasteiger partial charge in [0, 0.05) is 29.2 Å². The molecule has 3 nitrogen and oxygen atoms in total. The van der Waals surface area contributed by atoms with Gasteiger partial charge in [0.25, 0.3) is 0 Å². The van der Waals surface area contributed by atoms with Gasteiger partial charge in [-0.1, -0.05) is 45.9 Å². The fourth-order valence-corrected chi connectivity index (χ4v) is 6.07. The Morgan fingerprint density at radius 2 is 1.15 bits per heavy atom. The molecule has 1 radical (unpaired) electrons. The zero-order valence-electron chi connectivity index (χ0n) is 18.4. The van der Waals surface area contributed by atoms with Crippen LogP contribution in [0.2, 0.25) is 0 Å². The monoisotopic (exact) mass is 372 g/mol. The second-order valence-electron chi connectivity index (χ2n) is 9.95. The van der Waals surface area contributed by atoms with E-state index in [2.05, 4.69) is 114 Å². The highest BCUT2D eigenvalue weighted by Crippen LogP contribution is 2.36. The smallest absolute Gasteiger partial charge is 0.376 e. The van der Waals surface area contributed by atoms with E-state index in [0.717, 1.165) is 0 Å². The third-order valence-corrected chi connectivity index (χ3v) is 7.90. The highest BCUT2D eigenvalue weighted by molar-refractivity contribution is 6.58. The summed E-state index contributed by atoms with van der Waals surface area (Å²) >= 11 is 0. The number of hydrogen-bond acceptors (Lipinski definition) is 3. The topological polar surface area (TPSA) is 18.5 Å². The molecule has 0 aromatic heterocycles. The molecule has 0 atom stereocenters. The molecular weight excluding hydrogens is 334 g/mol. The molecule has 1 aliphatic heterocycles. The van der Waals surface area contributed by atoms with Gasteiger partial charge in [-0.15, -0.1) is 0 Å². The molecule has 0 amide bonds. The number of anilines is 1.